The molecule has 11 nitrogen and oxygen atoms in total. The molecule has 11 heteroatoms. The number of ether oxygens (including phenoxy) is 5. The van der Waals surface area contributed by atoms with Crippen molar-refractivity contribution in [2.24, 2.45) is 34.5 Å². The number of hydrogen-bond donors (Lipinski definition) is 1. The third-order valence-corrected chi connectivity index (χ3v) is 9.73. The molecule has 0 aromatic heterocycles. The molecule has 0 unspecified atom stereocenters. The molecule has 2 bridgehead atoms. The summed E-state index contributed by atoms with van der Waals surface area (Å²) in [5, 5.41) is 12.4. The molecule has 2 aliphatic heterocycles. The smallest absolute Gasteiger partial charge is 0.331 e. The molecule has 4 fully saturated rings. The van der Waals surface area contributed by atoms with E-state index in [0.29, 0.717) is 11.1 Å². The summed E-state index contributed by atoms with van der Waals surface area (Å²) in [6.07, 6.45) is -2.14. The van der Waals surface area contributed by atoms with E-state index in [-0.39, 0.29) is 13.0 Å². The molecule has 2 heterocycles. The first kappa shape index (κ1) is 28.5. The van der Waals surface area contributed by atoms with Crippen LogP contribution in [0.4, 0.5) is 0 Å². The molecule has 5 rings (SSSR count). The Labute approximate surface area is 232 Å². The normalized spacial score (nSPS) is 44.8. The van der Waals surface area contributed by atoms with Crippen molar-refractivity contribution in [3.63, 3.8) is 0 Å². The van der Waals surface area contributed by atoms with E-state index in [9.17, 15) is 29.1 Å². The molecule has 0 radical (unpaired) electrons. The Hall–Kier alpha value is -3.05. The minimum atomic E-state index is -2.12. The van der Waals surface area contributed by atoms with Crippen molar-refractivity contribution in [2.75, 3.05) is 6.61 Å². The van der Waals surface area contributed by atoms with Crippen LogP contribution < -0.4 is 0 Å². The van der Waals surface area contributed by atoms with Crippen LogP contribution >= 0.6 is 0 Å². The quantitative estimate of drug-likeness (QED) is 0.304. The first-order valence-electron chi connectivity index (χ1n) is 13.6. The van der Waals surface area contributed by atoms with E-state index < -0.39 is 94.4 Å². The number of allylic oxidation sites excluding steroid dienone is 1. The van der Waals surface area contributed by atoms with Gasteiger partial charge in [0.25, 0.3) is 0 Å². The maximum Gasteiger partial charge on any atom is 0.331 e. The van der Waals surface area contributed by atoms with Gasteiger partial charge in [-0.25, -0.2) is 4.79 Å². The van der Waals surface area contributed by atoms with Crippen LogP contribution in [0.3, 0.4) is 0 Å². The van der Waals surface area contributed by atoms with Crippen molar-refractivity contribution in [1.29, 1.82) is 0 Å². The minimum absolute atomic E-state index is 0.0677. The average molecular weight is 561 g/mol. The van der Waals surface area contributed by atoms with Gasteiger partial charge in [0.15, 0.2) is 18.0 Å². The van der Waals surface area contributed by atoms with E-state index in [1.807, 2.05) is 0 Å². The molecule has 5 aliphatic rings. The molecule has 0 amide bonds. The number of esters is 4. The van der Waals surface area contributed by atoms with Gasteiger partial charge in [0.1, 0.15) is 12.2 Å². The fourth-order valence-electron chi connectivity index (χ4n) is 8.87. The summed E-state index contributed by atoms with van der Waals surface area (Å²) in [5.74, 6) is -8.13. The molecule has 2 saturated heterocycles. The summed E-state index contributed by atoms with van der Waals surface area (Å²) in [6.45, 7) is 10.9. The standard InChI is InChI=1S/C29H36O11/c1-12(2)8-19(33)39-22-21-13(3)9-18(32)24(38-16(6)31)27(21,7)26-28-11-36-29(26,35)23(37-15(5)30)14(4)17(28)10-20(34)40-25(22)28/h8-9,14,17,21-26,35H,10-11H2,1-7H3/t14-,17+,21-,22-,23-,24-,25-,26-,27-,28-,29+/m1/s1. The van der Waals surface area contributed by atoms with E-state index in [4.69, 9.17) is 23.7 Å². The van der Waals surface area contributed by atoms with Crippen LogP contribution in [0.15, 0.2) is 23.3 Å². The number of rotatable bonds is 4. The summed E-state index contributed by atoms with van der Waals surface area (Å²) in [7, 11) is 0. The van der Waals surface area contributed by atoms with E-state index in [1.54, 1.807) is 34.6 Å². The number of carbonyl (C=O) groups is 5. The highest BCUT2D eigenvalue weighted by molar-refractivity contribution is 5.97. The van der Waals surface area contributed by atoms with Crippen molar-refractivity contribution in [3.8, 4) is 0 Å². The zero-order valence-electron chi connectivity index (χ0n) is 23.7. The van der Waals surface area contributed by atoms with Crippen molar-refractivity contribution >= 4 is 29.7 Å². The van der Waals surface area contributed by atoms with Gasteiger partial charge in [-0.2, -0.15) is 0 Å². The van der Waals surface area contributed by atoms with E-state index >= 15 is 0 Å². The van der Waals surface area contributed by atoms with Gasteiger partial charge in [0, 0.05) is 54.9 Å². The van der Waals surface area contributed by atoms with Crippen LogP contribution in [-0.2, 0) is 47.7 Å². The predicted octanol–water partition coefficient (Wildman–Crippen LogP) is 1.80. The van der Waals surface area contributed by atoms with Crippen LogP contribution in [-0.4, -0.2) is 71.6 Å². The summed E-state index contributed by atoms with van der Waals surface area (Å²) < 4.78 is 29.6. The van der Waals surface area contributed by atoms with Crippen LogP contribution in [0, 0.1) is 34.5 Å². The van der Waals surface area contributed by atoms with E-state index in [0.717, 1.165) is 0 Å². The number of aliphatic hydroxyl groups is 1. The van der Waals surface area contributed by atoms with Crippen molar-refractivity contribution in [2.45, 2.75) is 85.1 Å². The lowest BCUT2D eigenvalue weighted by atomic mass is 9.37. The summed E-state index contributed by atoms with van der Waals surface area (Å²) in [5.41, 5.74) is -1.38. The second-order valence-electron chi connectivity index (χ2n) is 12.4. The van der Waals surface area contributed by atoms with Crippen LogP contribution in [0.2, 0.25) is 0 Å². The summed E-state index contributed by atoms with van der Waals surface area (Å²) in [6, 6.07) is 0. The Kier molecular flexibility index (Phi) is 6.58. The highest BCUT2D eigenvalue weighted by atomic mass is 16.7. The first-order valence-corrected chi connectivity index (χ1v) is 13.6. The maximum atomic E-state index is 13.5. The number of hydrogen-bond acceptors (Lipinski definition) is 11. The van der Waals surface area contributed by atoms with Gasteiger partial charge in [-0.1, -0.05) is 25.0 Å². The van der Waals surface area contributed by atoms with Crippen LogP contribution in [0.5, 0.6) is 0 Å². The van der Waals surface area contributed by atoms with Crippen molar-refractivity contribution in [1.82, 2.24) is 0 Å². The maximum absolute atomic E-state index is 13.5. The Morgan fingerprint density at radius 1 is 1.07 bits per heavy atom. The van der Waals surface area contributed by atoms with Crippen LogP contribution in [0.25, 0.3) is 0 Å². The van der Waals surface area contributed by atoms with E-state index in [1.165, 1.54) is 26.0 Å². The second-order valence-corrected chi connectivity index (χ2v) is 12.4. The minimum Gasteiger partial charge on any atom is -0.458 e. The molecular weight excluding hydrogens is 524 g/mol. The second kappa shape index (κ2) is 9.24. The monoisotopic (exact) mass is 560 g/mol. The lowest BCUT2D eigenvalue weighted by Crippen LogP contribution is -2.79. The van der Waals surface area contributed by atoms with Gasteiger partial charge < -0.3 is 28.8 Å². The first-order chi connectivity index (χ1) is 18.6. The lowest BCUT2D eigenvalue weighted by molar-refractivity contribution is -0.345. The molecular formula is C29H36O11. The molecule has 2 saturated carbocycles. The molecule has 1 spiro atoms. The number of ketones is 1. The number of fused-ring (bicyclic) bond motifs is 1. The zero-order valence-corrected chi connectivity index (χ0v) is 23.7. The fraction of sp³-hybridized carbons (Fsp3) is 0.690. The summed E-state index contributed by atoms with van der Waals surface area (Å²) in [4.78, 5) is 64.3. The lowest BCUT2D eigenvalue weighted by Gasteiger charge is -2.68. The van der Waals surface area contributed by atoms with Gasteiger partial charge in [-0.15, -0.1) is 0 Å². The Morgan fingerprint density at radius 2 is 1.73 bits per heavy atom. The SMILES string of the molecule is CC(=O)O[C@@H]1[C@H](C)[C@@H]2CC(=O)O[C@@H]3[C@H](OC(=O)C=C(C)C)[C@H]4C(C)=CC(=O)[C@@H](OC(C)=O)[C@]4(C)[C@H]4[C@@]1(O)OC[C@@]342. The predicted molar refractivity (Wildman–Crippen MR) is 135 cm³/mol. The molecule has 0 aromatic carbocycles. The number of carbonyl (C=O) groups excluding carboxylic acids is 5. The fourth-order valence-corrected chi connectivity index (χ4v) is 8.87. The van der Waals surface area contributed by atoms with Gasteiger partial charge >= 0.3 is 23.9 Å². The molecule has 40 heavy (non-hydrogen) atoms. The van der Waals surface area contributed by atoms with Gasteiger partial charge in [-0.05, 0) is 32.8 Å². The molecule has 218 valence electrons. The molecule has 11 atom stereocenters. The van der Waals surface area contributed by atoms with Crippen LogP contribution in [0.1, 0.15) is 54.9 Å². The van der Waals surface area contributed by atoms with E-state index in [2.05, 4.69) is 0 Å². The van der Waals surface area contributed by atoms with Crippen molar-refractivity contribution < 1.29 is 52.8 Å². The molecule has 0 aromatic rings. The molecule has 1 N–H and O–H groups in total. The molecule has 3 aliphatic carbocycles. The largest absolute Gasteiger partial charge is 0.458 e. The Balaban J connectivity index is 1.81. The van der Waals surface area contributed by atoms with Gasteiger partial charge in [0.2, 0.25) is 5.79 Å². The van der Waals surface area contributed by atoms with Gasteiger partial charge in [0.05, 0.1) is 6.61 Å². The highest BCUT2D eigenvalue weighted by Gasteiger charge is 2.85. The third-order valence-electron chi connectivity index (χ3n) is 9.73. The Bertz CT molecular complexity index is 1250. The topological polar surface area (TPSA) is 152 Å². The Morgan fingerprint density at radius 3 is 2.33 bits per heavy atom. The zero-order chi connectivity index (χ0) is 29.5. The highest BCUT2D eigenvalue weighted by Crippen LogP contribution is 2.74. The van der Waals surface area contributed by atoms with Crippen molar-refractivity contribution in [3.05, 3.63) is 23.3 Å². The third kappa shape index (κ3) is 3.73. The summed E-state index contributed by atoms with van der Waals surface area (Å²) >= 11 is 0. The van der Waals surface area contributed by atoms with Gasteiger partial charge in [-0.3, -0.25) is 19.2 Å². The average Bonchev–Trinajstić information content (AvgIpc) is 3.10.